The van der Waals surface area contributed by atoms with Gasteiger partial charge in [-0.25, -0.2) is 13.8 Å². The second-order valence-corrected chi connectivity index (χ2v) is 8.98. The number of nitrogens with zero attached hydrogens (tertiary/aromatic N) is 4. The number of halogens is 3. The van der Waals surface area contributed by atoms with E-state index in [2.05, 4.69) is 20.9 Å². The molecule has 150 valence electrons. The molecule has 0 radical (unpaired) electrons. The Bertz CT molecular complexity index is 1210. The summed E-state index contributed by atoms with van der Waals surface area (Å²) in [6.45, 7) is 0.391. The lowest BCUT2D eigenvalue weighted by molar-refractivity contribution is 0.0858. The number of benzene rings is 1. The summed E-state index contributed by atoms with van der Waals surface area (Å²) in [6.07, 6.45) is 6.58. The van der Waals surface area contributed by atoms with E-state index in [0.717, 1.165) is 11.4 Å². The summed E-state index contributed by atoms with van der Waals surface area (Å²) in [7, 11) is 1.86. The maximum atomic E-state index is 14.7. The molecule has 3 aromatic rings. The van der Waals surface area contributed by atoms with Crippen LogP contribution >= 0.6 is 28.1 Å². The molecule has 1 aromatic carbocycles. The zero-order valence-electron chi connectivity index (χ0n) is 15.5. The molecule has 5 nitrogen and oxygen atoms in total. The fourth-order valence-corrected chi connectivity index (χ4v) is 5.26. The van der Waals surface area contributed by atoms with Crippen molar-refractivity contribution in [2.75, 3.05) is 0 Å². The van der Waals surface area contributed by atoms with Gasteiger partial charge in [0.05, 0.1) is 15.6 Å². The van der Waals surface area contributed by atoms with Crippen LogP contribution in [0.15, 0.2) is 35.3 Å². The van der Waals surface area contributed by atoms with Crippen molar-refractivity contribution in [3.05, 3.63) is 68.7 Å². The van der Waals surface area contributed by atoms with Crippen molar-refractivity contribution in [2.24, 2.45) is 7.05 Å². The summed E-state index contributed by atoms with van der Waals surface area (Å²) in [4.78, 5) is 17.2. The molecule has 1 atom stereocenters. The summed E-state index contributed by atoms with van der Waals surface area (Å²) in [5.41, 5.74) is 1.16. The first-order valence-corrected chi connectivity index (χ1v) is 10.5. The summed E-state index contributed by atoms with van der Waals surface area (Å²) in [5, 5.41) is 0. The Morgan fingerprint density at radius 1 is 1.34 bits per heavy atom. The SMILES string of the molecule is Cn1c(C2(C(=O)n3ccnc3)CC2)c2n(c1=S)CC(c1c(F)ccc(Br)c1F)C2. The van der Waals surface area contributed by atoms with Crippen LogP contribution in [0.1, 0.15) is 40.5 Å². The zero-order chi connectivity index (χ0) is 20.5. The van der Waals surface area contributed by atoms with Gasteiger partial charge < -0.3 is 9.13 Å². The molecule has 3 heterocycles. The van der Waals surface area contributed by atoms with Gasteiger partial charge >= 0.3 is 0 Å². The number of hydrogen-bond acceptors (Lipinski definition) is 3. The van der Waals surface area contributed by atoms with Gasteiger partial charge in [0.2, 0.25) is 5.91 Å². The number of aromatic nitrogens is 4. The van der Waals surface area contributed by atoms with Crippen LogP contribution in [0.25, 0.3) is 0 Å². The summed E-state index contributed by atoms with van der Waals surface area (Å²) < 4.78 is 35.3. The average molecular weight is 479 g/mol. The Morgan fingerprint density at radius 2 is 2.10 bits per heavy atom. The van der Waals surface area contributed by atoms with Gasteiger partial charge in [0, 0.05) is 43.2 Å². The molecule has 0 saturated heterocycles. The zero-order valence-corrected chi connectivity index (χ0v) is 17.9. The fraction of sp³-hybridized carbons (Fsp3) is 0.350. The minimum Gasteiger partial charge on any atom is -0.323 e. The number of fused-ring (bicyclic) bond motifs is 1. The highest BCUT2D eigenvalue weighted by Crippen LogP contribution is 2.52. The third kappa shape index (κ3) is 2.63. The van der Waals surface area contributed by atoms with Crippen molar-refractivity contribution in [2.45, 2.75) is 37.1 Å². The number of hydrogen-bond donors (Lipinski definition) is 0. The third-order valence-corrected chi connectivity index (χ3v) is 7.24. The monoisotopic (exact) mass is 478 g/mol. The molecule has 1 aliphatic heterocycles. The quantitative estimate of drug-likeness (QED) is 0.411. The molecule has 0 N–H and O–H groups in total. The Balaban J connectivity index is 1.59. The normalized spacial score (nSPS) is 19.4. The van der Waals surface area contributed by atoms with Crippen LogP contribution in [-0.2, 0) is 25.4 Å². The lowest BCUT2D eigenvalue weighted by Gasteiger charge is -2.18. The molecule has 1 fully saturated rings. The van der Waals surface area contributed by atoms with E-state index in [-0.39, 0.29) is 21.9 Å². The van der Waals surface area contributed by atoms with Crippen LogP contribution < -0.4 is 0 Å². The van der Waals surface area contributed by atoms with Crippen molar-refractivity contribution in [1.29, 1.82) is 0 Å². The standard InChI is InChI=1S/C20H17BrF2N4OS/c1-25-17(20(4-5-20)18(28)26-7-6-24-10-26)14-8-11(9-27(14)19(25)29)15-13(22)3-2-12(21)16(15)23/h2-3,6-7,10-11H,4-5,8-9H2,1H3. The number of imidazole rings is 2. The highest BCUT2D eigenvalue weighted by molar-refractivity contribution is 9.10. The van der Waals surface area contributed by atoms with E-state index in [4.69, 9.17) is 12.2 Å². The topological polar surface area (TPSA) is 44.8 Å². The second kappa shape index (κ2) is 6.43. The van der Waals surface area contributed by atoms with Crippen LogP contribution in [0, 0.1) is 16.4 Å². The molecule has 5 rings (SSSR count). The van der Waals surface area contributed by atoms with Crippen molar-refractivity contribution in [3.63, 3.8) is 0 Å². The summed E-state index contributed by atoms with van der Waals surface area (Å²) in [5.74, 6) is -1.55. The van der Waals surface area contributed by atoms with E-state index in [1.54, 1.807) is 12.4 Å². The van der Waals surface area contributed by atoms with Crippen molar-refractivity contribution in [3.8, 4) is 0 Å². The summed E-state index contributed by atoms with van der Waals surface area (Å²) >= 11 is 8.77. The third-order valence-electron chi connectivity index (χ3n) is 6.13. The predicted octanol–water partition coefficient (Wildman–Crippen LogP) is 4.51. The maximum Gasteiger partial charge on any atom is 0.244 e. The first-order chi connectivity index (χ1) is 13.8. The highest BCUT2D eigenvalue weighted by atomic mass is 79.9. The highest BCUT2D eigenvalue weighted by Gasteiger charge is 2.56. The Labute approximate surface area is 179 Å². The van der Waals surface area contributed by atoms with E-state index in [9.17, 15) is 13.6 Å². The molecule has 0 spiro atoms. The first-order valence-electron chi connectivity index (χ1n) is 9.30. The predicted molar refractivity (Wildman–Crippen MR) is 109 cm³/mol. The van der Waals surface area contributed by atoms with Gasteiger partial charge in [-0.05, 0) is 59.5 Å². The largest absolute Gasteiger partial charge is 0.323 e. The molecule has 2 aromatic heterocycles. The number of carbonyl (C=O) groups excluding carboxylic acids is 1. The molecule has 0 bridgehead atoms. The van der Waals surface area contributed by atoms with E-state index >= 15 is 0 Å². The van der Waals surface area contributed by atoms with Crippen molar-refractivity contribution in [1.82, 2.24) is 18.7 Å². The van der Waals surface area contributed by atoms with Gasteiger partial charge in [0.1, 0.15) is 18.0 Å². The smallest absolute Gasteiger partial charge is 0.244 e. The van der Waals surface area contributed by atoms with E-state index < -0.39 is 17.0 Å². The Hall–Kier alpha value is -2.13. The number of carbonyl (C=O) groups is 1. The van der Waals surface area contributed by atoms with Crippen LogP contribution in [0.4, 0.5) is 8.78 Å². The van der Waals surface area contributed by atoms with Crippen LogP contribution in [0.3, 0.4) is 0 Å². The number of rotatable bonds is 3. The van der Waals surface area contributed by atoms with Gasteiger partial charge in [0.25, 0.3) is 0 Å². The molecule has 1 unspecified atom stereocenters. The molecule has 29 heavy (non-hydrogen) atoms. The van der Waals surface area contributed by atoms with Crippen LogP contribution in [0.5, 0.6) is 0 Å². The van der Waals surface area contributed by atoms with Crippen LogP contribution in [0.2, 0.25) is 0 Å². The molecular formula is C20H17BrF2N4OS. The molecule has 0 amide bonds. The maximum absolute atomic E-state index is 14.7. The summed E-state index contributed by atoms with van der Waals surface area (Å²) in [6, 6.07) is 2.65. The van der Waals surface area contributed by atoms with E-state index in [0.29, 0.717) is 30.6 Å². The second-order valence-electron chi connectivity index (χ2n) is 7.76. The lowest BCUT2D eigenvalue weighted by atomic mass is 9.92. The minimum atomic E-state index is -0.660. The lowest BCUT2D eigenvalue weighted by Crippen LogP contribution is -2.29. The van der Waals surface area contributed by atoms with Crippen molar-refractivity contribution >= 4 is 34.1 Å². The van der Waals surface area contributed by atoms with Gasteiger partial charge in [0.15, 0.2) is 4.77 Å². The average Bonchev–Trinajstić information content (AvgIpc) is 3.04. The molecule has 1 aliphatic carbocycles. The molecule has 9 heteroatoms. The minimum absolute atomic E-state index is 0.0442. The fourth-order valence-electron chi connectivity index (χ4n) is 4.64. The first kappa shape index (κ1) is 18.9. The van der Waals surface area contributed by atoms with Gasteiger partial charge in [-0.2, -0.15) is 0 Å². The molecular weight excluding hydrogens is 462 g/mol. The Morgan fingerprint density at radius 3 is 2.76 bits per heavy atom. The van der Waals surface area contributed by atoms with E-state index in [1.165, 1.54) is 23.0 Å². The van der Waals surface area contributed by atoms with Gasteiger partial charge in [-0.3, -0.25) is 9.36 Å². The Kier molecular flexibility index (Phi) is 4.19. The molecule has 2 aliphatic rings. The van der Waals surface area contributed by atoms with E-state index in [1.807, 2.05) is 16.2 Å². The van der Waals surface area contributed by atoms with Gasteiger partial charge in [-0.1, -0.05) is 0 Å². The molecule has 1 saturated carbocycles. The van der Waals surface area contributed by atoms with Crippen molar-refractivity contribution < 1.29 is 13.6 Å². The van der Waals surface area contributed by atoms with Crippen LogP contribution in [-0.4, -0.2) is 24.6 Å². The van der Waals surface area contributed by atoms with Gasteiger partial charge in [-0.15, -0.1) is 0 Å².